The number of pyridine rings is 1. The van der Waals surface area contributed by atoms with Crippen LogP contribution in [0, 0.1) is 0 Å². The minimum atomic E-state index is 0.976. The third kappa shape index (κ3) is 2.79. The van der Waals surface area contributed by atoms with Crippen molar-refractivity contribution in [3.63, 3.8) is 0 Å². The summed E-state index contributed by atoms with van der Waals surface area (Å²) < 4.78 is 2.10. The monoisotopic (exact) mass is 266 g/mol. The molecule has 0 amide bonds. The van der Waals surface area contributed by atoms with Gasteiger partial charge >= 0.3 is 0 Å². The first-order valence-corrected chi connectivity index (χ1v) is 6.85. The van der Waals surface area contributed by atoms with Gasteiger partial charge < -0.3 is 9.47 Å². The van der Waals surface area contributed by atoms with Gasteiger partial charge in [-0.25, -0.2) is 9.97 Å². The molecule has 0 radical (unpaired) electrons. The Labute approximate surface area is 118 Å². The SMILES string of the molecule is CN(CCCn1ccnc1)c1ccc2ccccc2n1. The molecule has 3 aromatic rings. The van der Waals surface area contributed by atoms with Crippen LogP contribution in [0.2, 0.25) is 0 Å². The summed E-state index contributed by atoms with van der Waals surface area (Å²) in [5, 5.41) is 1.18. The van der Waals surface area contributed by atoms with Gasteiger partial charge in [0.05, 0.1) is 11.8 Å². The van der Waals surface area contributed by atoms with E-state index < -0.39 is 0 Å². The van der Waals surface area contributed by atoms with Gasteiger partial charge in [0, 0.05) is 37.9 Å². The fourth-order valence-electron chi connectivity index (χ4n) is 2.29. The normalized spacial score (nSPS) is 10.8. The number of hydrogen-bond acceptors (Lipinski definition) is 3. The van der Waals surface area contributed by atoms with Crippen LogP contribution in [0.5, 0.6) is 0 Å². The topological polar surface area (TPSA) is 34.0 Å². The molecule has 0 saturated heterocycles. The Hall–Kier alpha value is -2.36. The summed E-state index contributed by atoms with van der Waals surface area (Å²) in [7, 11) is 2.09. The summed E-state index contributed by atoms with van der Waals surface area (Å²) in [6, 6.07) is 12.4. The van der Waals surface area contributed by atoms with Crippen LogP contribution >= 0.6 is 0 Å². The lowest BCUT2D eigenvalue weighted by Gasteiger charge is -2.18. The fraction of sp³-hybridized carbons (Fsp3) is 0.250. The zero-order valence-electron chi connectivity index (χ0n) is 11.6. The molecule has 4 heteroatoms. The second kappa shape index (κ2) is 5.74. The van der Waals surface area contributed by atoms with E-state index >= 15 is 0 Å². The second-order valence-corrected chi connectivity index (χ2v) is 4.94. The maximum Gasteiger partial charge on any atom is 0.128 e. The first-order valence-electron chi connectivity index (χ1n) is 6.85. The zero-order valence-corrected chi connectivity index (χ0v) is 11.6. The van der Waals surface area contributed by atoms with E-state index in [4.69, 9.17) is 4.98 Å². The quantitative estimate of drug-likeness (QED) is 0.712. The lowest BCUT2D eigenvalue weighted by atomic mass is 10.2. The van der Waals surface area contributed by atoms with E-state index in [0.717, 1.165) is 30.8 Å². The van der Waals surface area contributed by atoms with E-state index in [2.05, 4.69) is 45.8 Å². The van der Waals surface area contributed by atoms with Crippen molar-refractivity contribution in [2.45, 2.75) is 13.0 Å². The Bertz CT molecular complexity index is 676. The van der Waals surface area contributed by atoms with Crippen molar-refractivity contribution in [3.8, 4) is 0 Å². The van der Waals surface area contributed by atoms with Crippen LogP contribution in [0.1, 0.15) is 6.42 Å². The molecule has 1 aromatic carbocycles. The number of rotatable bonds is 5. The van der Waals surface area contributed by atoms with Crippen LogP contribution < -0.4 is 4.90 Å². The summed E-state index contributed by atoms with van der Waals surface area (Å²) in [6.07, 6.45) is 6.73. The number of imidazole rings is 1. The van der Waals surface area contributed by atoms with E-state index in [-0.39, 0.29) is 0 Å². The highest BCUT2D eigenvalue weighted by atomic mass is 15.2. The lowest BCUT2D eigenvalue weighted by Crippen LogP contribution is -2.20. The van der Waals surface area contributed by atoms with Crippen molar-refractivity contribution in [2.75, 3.05) is 18.5 Å². The second-order valence-electron chi connectivity index (χ2n) is 4.94. The average Bonchev–Trinajstić information content (AvgIpc) is 3.00. The molecule has 0 saturated carbocycles. The highest BCUT2D eigenvalue weighted by Gasteiger charge is 2.03. The van der Waals surface area contributed by atoms with E-state index in [9.17, 15) is 0 Å². The van der Waals surface area contributed by atoms with Crippen LogP contribution in [-0.2, 0) is 6.54 Å². The number of aromatic nitrogens is 3. The molecule has 0 spiro atoms. The van der Waals surface area contributed by atoms with Gasteiger partial charge in [-0.05, 0) is 24.6 Å². The maximum atomic E-state index is 4.70. The maximum absolute atomic E-state index is 4.70. The van der Waals surface area contributed by atoms with Crippen LogP contribution in [-0.4, -0.2) is 28.1 Å². The van der Waals surface area contributed by atoms with Gasteiger partial charge in [-0.3, -0.25) is 0 Å². The Morgan fingerprint density at radius 3 is 2.90 bits per heavy atom. The number of benzene rings is 1. The number of para-hydroxylation sites is 1. The molecule has 0 aliphatic carbocycles. The van der Waals surface area contributed by atoms with Crippen molar-refractivity contribution in [1.29, 1.82) is 0 Å². The third-order valence-corrected chi connectivity index (χ3v) is 3.44. The molecular formula is C16H18N4. The summed E-state index contributed by atoms with van der Waals surface area (Å²) >= 11 is 0. The molecule has 0 unspecified atom stereocenters. The minimum absolute atomic E-state index is 0.976. The molecule has 0 atom stereocenters. The van der Waals surface area contributed by atoms with E-state index in [0.29, 0.717) is 0 Å². The minimum Gasteiger partial charge on any atom is -0.360 e. The molecule has 102 valence electrons. The van der Waals surface area contributed by atoms with Gasteiger partial charge in [-0.1, -0.05) is 18.2 Å². The van der Waals surface area contributed by atoms with Crippen LogP contribution in [0.4, 0.5) is 5.82 Å². The molecule has 0 N–H and O–H groups in total. The van der Waals surface area contributed by atoms with Crippen molar-refractivity contribution in [3.05, 3.63) is 55.1 Å². The van der Waals surface area contributed by atoms with E-state index in [1.165, 1.54) is 5.39 Å². The largest absolute Gasteiger partial charge is 0.360 e. The van der Waals surface area contributed by atoms with Crippen molar-refractivity contribution >= 4 is 16.7 Å². The summed E-state index contributed by atoms with van der Waals surface area (Å²) in [5.74, 6) is 1.02. The summed E-state index contributed by atoms with van der Waals surface area (Å²) in [5.41, 5.74) is 1.05. The summed E-state index contributed by atoms with van der Waals surface area (Å²) in [6.45, 7) is 1.96. The van der Waals surface area contributed by atoms with Gasteiger partial charge in [0.2, 0.25) is 0 Å². The zero-order chi connectivity index (χ0) is 13.8. The van der Waals surface area contributed by atoms with Gasteiger partial charge in [0.25, 0.3) is 0 Å². The van der Waals surface area contributed by atoms with Crippen LogP contribution in [0.15, 0.2) is 55.1 Å². The first-order chi connectivity index (χ1) is 9.83. The molecule has 0 aliphatic heterocycles. The van der Waals surface area contributed by atoms with Crippen LogP contribution in [0.3, 0.4) is 0 Å². The number of fused-ring (bicyclic) bond motifs is 1. The number of nitrogens with zero attached hydrogens (tertiary/aromatic N) is 4. The molecule has 3 rings (SSSR count). The number of hydrogen-bond donors (Lipinski definition) is 0. The lowest BCUT2D eigenvalue weighted by molar-refractivity contribution is 0.636. The predicted molar refractivity (Wildman–Crippen MR) is 81.9 cm³/mol. The molecule has 2 aromatic heterocycles. The van der Waals surface area contributed by atoms with Gasteiger partial charge in [-0.2, -0.15) is 0 Å². The first kappa shape index (κ1) is 12.7. The molecule has 20 heavy (non-hydrogen) atoms. The van der Waals surface area contributed by atoms with Crippen molar-refractivity contribution in [1.82, 2.24) is 14.5 Å². The molecular weight excluding hydrogens is 248 g/mol. The van der Waals surface area contributed by atoms with E-state index in [1.807, 2.05) is 30.9 Å². The molecule has 4 nitrogen and oxygen atoms in total. The van der Waals surface area contributed by atoms with Crippen molar-refractivity contribution in [2.24, 2.45) is 0 Å². The third-order valence-electron chi connectivity index (χ3n) is 3.44. The average molecular weight is 266 g/mol. The highest BCUT2D eigenvalue weighted by molar-refractivity contribution is 5.80. The number of anilines is 1. The molecule has 0 fully saturated rings. The van der Waals surface area contributed by atoms with E-state index in [1.54, 1.807) is 0 Å². The fourth-order valence-corrected chi connectivity index (χ4v) is 2.29. The van der Waals surface area contributed by atoms with Crippen molar-refractivity contribution < 1.29 is 0 Å². The summed E-state index contributed by atoms with van der Waals surface area (Å²) in [4.78, 5) is 10.9. The highest BCUT2D eigenvalue weighted by Crippen LogP contribution is 2.17. The Morgan fingerprint density at radius 2 is 2.05 bits per heavy atom. The Kier molecular flexibility index (Phi) is 3.63. The molecule has 0 aliphatic rings. The Balaban J connectivity index is 1.64. The molecule has 0 bridgehead atoms. The van der Waals surface area contributed by atoms with Gasteiger partial charge in [0.15, 0.2) is 0 Å². The van der Waals surface area contributed by atoms with Crippen LogP contribution in [0.25, 0.3) is 10.9 Å². The standard InChI is InChI=1S/C16H18N4/c1-19(10-4-11-20-12-9-17-13-20)16-8-7-14-5-2-3-6-15(14)18-16/h2-3,5-9,12-13H,4,10-11H2,1H3. The van der Waals surface area contributed by atoms with Gasteiger partial charge in [0.1, 0.15) is 5.82 Å². The number of aryl methyl sites for hydroxylation is 1. The molecule has 2 heterocycles. The predicted octanol–water partition coefficient (Wildman–Crippen LogP) is 2.96. The smallest absolute Gasteiger partial charge is 0.128 e. The Morgan fingerprint density at radius 1 is 1.15 bits per heavy atom. The van der Waals surface area contributed by atoms with Gasteiger partial charge in [-0.15, -0.1) is 0 Å².